The summed E-state index contributed by atoms with van der Waals surface area (Å²) in [6.07, 6.45) is 0.894. The van der Waals surface area contributed by atoms with Crippen molar-refractivity contribution in [2.45, 2.75) is 18.9 Å². The zero-order valence-corrected chi connectivity index (χ0v) is 14.1. The Hall–Kier alpha value is -2.03. The standard InChI is InChI=1S/C15H19N3O4.CH4O/c1-11-6-7-16(2)9-15(11)14(19)17(10-22-15)12-4-3-5-13(8-12)18(20)21;1-2/h3-5,8,11H,6-7,9-10H2,1-2H3;2H,1H3. The molecule has 2 saturated heterocycles. The second-order valence-electron chi connectivity index (χ2n) is 6.10. The number of non-ortho nitro benzene ring substituents is 1. The molecule has 0 radical (unpaired) electrons. The molecule has 2 aliphatic heterocycles. The third kappa shape index (κ3) is 3.12. The first-order valence-electron chi connectivity index (χ1n) is 7.78. The van der Waals surface area contributed by atoms with E-state index < -0.39 is 10.5 Å². The molecule has 8 heteroatoms. The highest BCUT2D eigenvalue weighted by molar-refractivity contribution is 6.01. The van der Waals surface area contributed by atoms with E-state index in [2.05, 4.69) is 4.90 Å². The summed E-state index contributed by atoms with van der Waals surface area (Å²) < 4.78 is 5.91. The summed E-state index contributed by atoms with van der Waals surface area (Å²) in [6.45, 7) is 3.66. The Balaban J connectivity index is 0.00000100. The van der Waals surface area contributed by atoms with Gasteiger partial charge in [-0.15, -0.1) is 0 Å². The molecular weight excluding hydrogens is 314 g/mol. The average Bonchev–Trinajstić information content (AvgIpc) is 2.91. The molecule has 3 rings (SSSR count). The van der Waals surface area contributed by atoms with Gasteiger partial charge in [-0.25, -0.2) is 0 Å². The summed E-state index contributed by atoms with van der Waals surface area (Å²) in [5.74, 6) is 0.0203. The van der Waals surface area contributed by atoms with E-state index in [0.29, 0.717) is 12.2 Å². The highest BCUT2D eigenvalue weighted by atomic mass is 16.6. The molecule has 8 nitrogen and oxygen atoms in total. The lowest BCUT2D eigenvalue weighted by Crippen LogP contribution is -2.57. The number of carbonyl (C=O) groups excluding carboxylic acids is 1. The van der Waals surface area contributed by atoms with Gasteiger partial charge in [-0.05, 0) is 32.0 Å². The number of likely N-dealkylation sites (tertiary alicyclic amines) is 1. The van der Waals surface area contributed by atoms with Crippen molar-refractivity contribution in [2.24, 2.45) is 5.92 Å². The van der Waals surface area contributed by atoms with Crippen molar-refractivity contribution in [3.05, 3.63) is 34.4 Å². The van der Waals surface area contributed by atoms with Crippen LogP contribution in [0.5, 0.6) is 0 Å². The van der Waals surface area contributed by atoms with E-state index in [-0.39, 0.29) is 24.2 Å². The molecule has 24 heavy (non-hydrogen) atoms. The van der Waals surface area contributed by atoms with Crippen LogP contribution in [0.15, 0.2) is 24.3 Å². The molecule has 0 bridgehead atoms. The number of hydrogen-bond acceptors (Lipinski definition) is 6. The highest BCUT2D eigenvalue weighted by Crippen LogP contribution is 2.38. The van der Waals surface area contributed by atoms with Crippen LogP contribution in [-0.2, 0) is 9.53 Å². The van der Waals surface area contributed by atoms with Crippen LogP contribution in [0.25, 0.3) is 0 Å². The number of likely N-dealkylation sites (N-methyl/N-ethyl adjacent to an activating group) is 1. The van der Waals surface area contributed by atoms with Crippen LogP contribution in [0, 0.1) is 16.0 Å². The van der Waals surface area contributed by atoms with E-state index in [4.69, 9.17) is 9.84 Å². The Morgan fingerprint density at radius 3 is 2.79 bits per heavy atom. The van der Waals surface area contributed by atoms with E-state index in [1.807, 2.05) is 14.0 Å². The van der Waals surface area contributed by atoms with Gasteiger partial charge in [-0.1, -0.05) is 13.0 Å². The first-order chi connectivity index (χ1) is 11.4. The molecule has 0 aliphatic carbocycles. The van der Waals surface area contributed by atoms with Crippen LogP contribution in [0.2, 0.25) is 0 Å². The van der Waals surface area contributed by atoms with Crippen molar-refractivity contribution >= 4 is 17.3 Å². The number of aliphatic hydroxyl groups excluding tert-OH is 1. The number of hydrogen-bond donors (Lipinski definition) is 1. The molecule has 1 aromatic carbocycles. The van der Waals surface area contributed by atoms with Gasteiger partial charge >= 0.3 is 0 Å². The van der Waals surface area contributed by atoms with Crippen molar-refractivity contribution in [3.8, 4) is 0 Å². The molecule has 1 aromatic rings. The molecule has 0 saturated carbocycles. The van der Waals surface area contributed by atoms with Crippen LogP contribution < -0.4 is 4.90 Å². The van der Waals surface area contributed by atoms with Crippen molar-refractivity contribution < 1.29 is 19.6 Å². The molecule has 2 atom stereocenters. The fourth-order valence-corrected chi connectivity index (χ4v) is 3.24. The molecule has 1 N–H and O–H groups in total. The summed E-state index contributed by atoms with van der Waals surface area (Å²) >= 11 is 0. The minimum atomic E-state index is -0.836. The van der Waals surface area contributed by atoms with Gasteiger partial charge in [0.25, 0.3) is 11.6 Å². The molecular formula is C16H23N3O5. The maximum atomic E-state index is 12.9. The Bertz CT molecular complexity index is 623. The molecule has 1 spiro atoms. The molecule has 1 amide bonds. The predicted octanol–water partition coefficient (Wildman–Crippen LogP) is 1.23. The van der Waals surface area contributed by atoms with Crippen molar-refractivity contribution in [1.29, 1.82) is 0 Å². The number of rotatable bonds is 2. The molecule has 2 unspecified atom stereocenters. The predicted molar refractivity (Wildman–Crippen MR) is 88.7 cm³/mol. The van der Waals surface area contributed by atoms with Crippen molar-refractivity contribution in [1.82, 2.24) is 4.90 Å². The SMILES string of the molecule is CC1CCN(C)CC12OCN(c1cccc([N+](=O)[O-])c1)C2=O.CO. The quantitative estimate of drug-likeness (QED) is 0.644. The van der Waals surface area contributed by atoms with Gasteiger partial charge in [0, 0.05) is 25.8 Å². The van der Waals surface area contributed by atoms with E-state index in [0.717, 1.165) is 20.1 Å². The summed E-state index contributed by atoms with van der Waals surface area (Å²) in [5, 5.41) is 17.9. The Morgan fingerprint density at radius 2 is 2.12 bits per heavy atom. The lowest BCUT2D eigenvalue weighted by molar-refractivity contribution is -0.384. The van der Waals surface area contributed by atoms with Gasteiger partial charge in [0.2, 0.25) is 0 Å². The van der Waals surface area contributed by atoms with Crippen molar-refractivity contribution in [3.63, 3.8) is 0 Å². The Kier molecular flexibility index (Phi) is 5.53. The normalized spacial score (nSPS) is 27.1. The van der Waals surface area contributed by atoms with E-state index >= 15 is 0 Å². The Labute approximate surface area is 140 Å². The molecule has 132 valence electrons. The lowest BCUT2D eigenvalue weighted by Gasteiger charge is -2.40. The topological polar surface area (TPSA) is 96.1 Å². The fourth-order valence-electron chi connectivity index (χ4n) is 3.24. The molecule has 2 fully saturated rings. The monoisotopic (exact) mass is 337 g/mol. The number of anilines is 1. The lowest BCUT2D eigenvalue weighted by atomic mass is 9.82. The molecule has 0 aromatic heterocycles. The van der Waals surface area contributed by atoms with Crippen LogP contribution in [0.3, 0.4) is 0 Å². The highest BCUT2D eigenvalue weighted by Gasteiger charge is 2.54. The third-order valence-corrected chi connectivity index (χ3v) is 4.66. The smallest absolute Gasteiger partial charge is 0.271 e. The van der Waals surface area contributed by atoms with Crippen LogP contribution >= 0.6 is 0 Å². The number of ether oxygens (including phenoxy) is 1. The zero-order valence-electron chi connectivity index (χ0n) is 14.1. The first kappa shape index (κ1) is 18.3. The summed E-state index contributed by atoms with van der Waals surface area (Å²) in [4.78, 5) is 27.0. The van der Waals surface area contributed by atoms with Crippen LogP contribution in [-0.4, -0.2) is 60.4 Å². The number of benzene rings is 1. The second kappa shape index (κ2) is 7.25. The van der Waals surface area contributed by atoms with Gasteiger partial charge < -0.3 is 14.7 Å². The third-order valence-electron chi connectivity index (χ3n) is 4.66. The van der Waals surface area contributed by atoms with Crippen molar-refractivity contribution in [2.75, 3.05) is 38.9 Å². The number of nitro groups is 1. The Morgan fingerprint density at radius 1 is 1.42 bits per heavy atom. The summed E-state index contributed by atoms with van der Waals surface area (Å²) in [7, 11) is 2.97. The molecule has 2 aliphatic rings. The maximum absolute atomic E-state index is 12.9. The maximum Gasteiger partial charge on any atom is 0.271 e. The minimum absolute atomic E-state index is 0.0277. The van der Waals surface area contributed by atoms with E-state index in [9.17, 15) is 14.9 Å². The van der Waals surface area contributed by atoms with Crippen LogP contribution in [0.4, 0.5) is 11.4 Å². The van der Waals surface area contributed by atoms with Gasteiger partial charge in [-0.2, -0.15) is 0 Å². The number of aliphatic hydroxyl groups is 1. The average molecular weight is 337 g/mol. The number of piperidine rings is 1. The summed E-state index contributed by atoms with van der Waals surface area (Å²) in [5.41, 5.74) is -0.353. The van der Waals surface area contributed by atoms with Gasteiger partial charge in [0.05, 0.1) is 10.6 Å². The number of nitro benzene ring substituents is 1. The first-order valence-corrected chi connectivity index (χ1v) is 7.78. The second-order valence-corrected chi connectivity index (χ2v) is 6.10. The number of amides is 1. The zero-order chi connectivity index (χ0) is 17.9. The minimum Gasteiger partial charge on any atom is -0.400 e. The summed E-state index contributed by atoms with van der Waals surface area (Å²) in [6, 6.07) is 6.11. The number of carbonyl (C=O) groups is 1. The van der Waals surface area contributed by atoms with Gasteiger partial charge in [-0.3, -0.25) is 19.8 Å². The van der Waals surface area contributed by atoms with E-state index in [1.165, 1.54) is 17.0 Å². The van der Waals surface area contributed by atoms with Gasteiger partial charge in [0.1, 0.15) is 6.73 Å². The number of nitrogens with zero attached hydrogens (tertiary/aromatic N) is 3. The largest absolute Gasteiger partial charge is 0.400 e. The van der Waals surface area contributed by atoms with Crippen LogP contribution in [0.1, 0.15) is 13.3 Å². The van der Waals surface area contributed by atoms with Gasteiger partial charge in [0.15, 0.2) is 5.60 Å². The molecule has 2 heterocycles. The van der Waals surface area contributed by atoms with E-state index in [1.54, 1.807) is 12.1 Å². The fraction of sp³-hybridized carbons (Fsp3) is 0.562.